The van der Waals surface area contributed by atoms with Gasteiger partial charge in [-0.1, -0.05) is 6.07 Å². The lowest BCUT2D eigenvalue weighted by Crippen LogP contribution is -2.47. The van der Waals surface area contributed by atoms with Gasteiger partial charge in [-0.05, 0) is 32.1 Å². The molecule has 1 atom stereocenters. The fourth-order valence-electron chi connectivity index (χ4n) is 3.53. The largest absolute Gasteiger partial charge is 0.497 e. The zero-order valence-corrected chi connectivity index (χ0v) is 18.2. The fraction of sp³-hybridized carbons (Fsp3) is 0.591. The minimum absolute atomic E-state index is 0.270. The van der Waals surface area contributed by atoms with Crippen LogP contribution in [-0.2, 0) is 13.1 Å². The van der Waals surface area contributed by atoms with E-state index in [1.54, 1.807) is 13.3 Å². The summed E-state index contributed by atoms with van der Waals surface area (Å²) in [7, 11) is 3.78. The highest BCUT2D eigenvalue weighted by molar-refractivity contribution is 5.40. The van der Waals surface area contributed by atoms with Crippen molar-refractivity contribution in [2.45, 2.75) is 25.6 Å². The molecule has 1 aliphatic rings. The molecule has 1 saturated heterocycles. The molecule has 1 aliphatic heterocycles. The summed E-state index contributed by atoms with van der Waals surface area (Å²) in [6.07, 6.45) is 4.25. The van der Waals surface area contributed by atoms with Crippen LogP contribution in [-0.4, -0.2) is 90.8 Å². The number of β-amino-alcohol motifs (C(OH)–C–C–N with tert-alkyl or cyclic N) is 1. The lowest BCUT2D eigenvalue weighted by molar-refractivity contribution is 0.0501. The summed E-state index contributed by atoms with van der Waals surface area (Å²) in [6.45, 7) is 7.44. The summed E-state index contributed by atoms with van der Waals surface area (Å²) in [5.41, 5.74) is 1.06. The number of likely N-dealkylation sites (N-methyl/N-ethyl adjacent to an activating group) is 1. The molecule has 1 aromatic heterocycles. The number of methoxy groups -OCH3 is 1. The Morgan fingerprint density at radius 2 is 2.07 bits per heavy atom. The highest BCUT2D eigenvalue weighted by Gasteiger charge is 2.18. The Morgan fingerprint density at radius 3 is 2.80 bits per heavy atom. The number of aliphatic hydroxyl groups excluding tert-OH is 1. The fourth-order valence-corrected chi connectivity index (χ4v) is 3.53. The molecule has 2 aromatic rings. The van der Waals surface area contributed by atoms with Crippen LogP contribution in [0.2, 0.25) is 0 Å². The Labute approximate surface area is 179 Å². The maximum atomic E-state index is 10.4. The molecular weight excluding hydrogens is 382 g/mol. The first-order chi connectivity index (χ1) is 14.6. The molecule has 0 bridgehead atoms. The normalized spacial score (nSPS) is 16.5. The van der Waals surface area contributed by atoms with E-state index in [4.69, 9.17) is 9.47 Å². The SMILES string of the molecule is COc1ccc(CNCCCn2cccn2)c(OCC(O)CN2CCN(C)CC2)c1. The molecule has 8 heteroatoms. The third-order valence-corrected chi connectivity index (χ3v) is 5.39. The number of benzene rings is 1. The smallest absolute Gasteiger partial charge is 0.127 e. The van der Waals surface area contributed by atoms with Crippen molar-refractivity contribution in [3.05, 3.63) is 42.2 Å². The van der Waals surface area contributed by atoms with E-state index in [1.165, 1.54) is 0 Å². The average Bonchev–Trinajstić information content (AvgIpc) is 3.27. The van der Waals surface area contributed by atoms with Gasteiger partial charge in [-0.15, -0.1) is 0 Å². The molecule has 2 N–H and O–H groups in total. The monoisotopic (exact) mass is 417 g/mol. The molecular formula is C22H35N5O3. The summed E-state index contributed by atoms with van der Waals surface area (Å²) in [5.74, 6) is 1.51. The van der Waals surface area contributed by atoms with Crippen LogP contribution in [0.3, 0.4) is 0 Å². The standard InChI is InChI=1S/C22H35N5O3/c1-25-11-13-26(14-12-25)17-20(28)18-30-22-15-21(29-2)6-5-19(22)16-23-7-3-9-27-10-4-8-24-27/h4-6,8,10,15,20,23,28H,3,7,9,11-14,16-18H2,1-2H3. The number of nitrogens with one attached hydrogen (secondary N) is 1. The number of nitrogens with zero attached hydrogens (tertiary/aromatic N) is 4. The summed E-state index contributed by atoms with van der Waals surface area (Å²) in [4.78, 5) is 4.60. The Kier molecular flexibility index (Phi) is 8.95. The molecule has 166 valence electrons. The van der Waals surface area contributed by atoms with E-state index in [0.717, 1.165) is 62.8 Å². The van der Waals surface area contributed by atoms with Crippen LogP contribution in [0.15, 0.2) is 36.7 Å². The van der Waals surface area contributed by atoms with Crippen LogP contribution in [0.25, 0.3) is 0 Å². The van der Waals surface area contributed by atoms with E-state index >= 15 is 0 Å². The van der Waals surface area contributed by atoms with E-state index in [1.807, 2.05) is 35.1 Å². The van der Waals surface area contributed by atoms with Crippen LogP contribution in [0.1, 0.15) is 12.0 Å². The van der Waals surface area contributed by atoms with Gasteiger partial charge in [-0.3, -0.25) is 9.58 Å². The number of aromatic nitrogens is 2. The average molecular weight is 418 g/mol. The summed E-state index contributed by atoms with van der Waals surface area (Å²) < 4.78 is 13.3. The minimum atomic E-state index is -0.519. The Hall–Kier alpha value is -2.13. The molecule has 30 heavy (non-hydrogen) atoms. The summed E-state index contributed by atoms with van der Waals surface area (Å²) in [6, 6.07) is 7.78. The van der Waals surface area contributed by atoms with Crippen molar-refractivity contribution in [2.24, 2.45) is 0 Å². The van der Waals surface area contributed by atoms with Gasteiger partial charge in [0.2, 0.25) is 0 Å². The minimum Gasteiger partial charge on any atom is -0.497 e. The molecule has 0 aliphatic carbocycles. The number of ether oxygens (including phenoxy) is 2. The van der Waals surface area contributed by atoms with E-state index in [-0.39, 0.29) is 6.61 Å². The Balaban J connectivity index is 1.45. The van der Waals surface area contributed by atoms with Crippen molar-refractivity contribution < 1.29 is 14.6 Å². The highest BCUT2D eigenvalue weighted by Crippen LogP contribution is 2.25. The van der Waals surface area contributed by atoms with E-state index in [2.05, 4.69) is 27.3 Å². The van der Waals surface area contributed by atoms with Crippen LogP contribution in [0, 0.1) is 0 Å². The van der Waals surface area contributed by atoms with Gasteiger partial charge >= 0.3 is 0 Å². The molecule has 3 rings (SSSR count). The van der Waals surface area contributed by atoms with E-state index in [0.29, 0.717) is 13.1 Å². The first-order valence-corrected chi connectivity index (χ1v) is 10.7. The molecule has 1 fully saturated rings. The van der Waals surface area contributed by atoms with Crippen LogP contribution < -0.4 is 14.8 Å². The number of piperazine rings is 1. The number of aliphatic hydroxyl groups is 1. The van der Waals surface area contributed by atoms with Crippen molar-refractivity contribution >= 4 is 0 Å². The van der Waals surface area contributed by atoms with Crippen LogP contribution in [0.5, 0.6) is 11.5 Å². The second-order valence-corrected chi connectivity index (χ2v) is 7.84. The lowest BCUT2D eigenvalue weighted by atomic mass is 10.2. The van der Waals surface area contributed by atoms with Crippen LogP contribution >= 0.6 is 0 Å². The highest BCUT2D eigenvalue weighted by atomic mass is 16.5. The van der Waals surface area contributed by atoms with Gasteiger partial charge in [0.05, 0.1) is 7.11 Å². The molecule has 1 aromatic carbocycles. The quantitative estimate of drug-likeness (QED) is 0.500. The zero-order valence-electron chi connectivity index (χ0n) is 18.2. The summed E-state index contributed by atoms with van der Waals surface area (Å²) in [5, 5.41) is 18.1. The molecule has 0 spiro atoms. The lowest BCUT2D eigenvalue weighted by Gasteiger charge is -2.33. The zero-order chi connectivity index (χ0) is 21.2. The molecule has 0 saturated carbocycles. The Morgan fingerprint density at radius 1 is 1.23 bits per heavy atom. The Bertz CT molecular complexity index is 732. The topological polar surface area (TPSA) is 75.0 Å². The first-order valence-electron chi connectivity index (χ1n) is 10.7. The summed E-state index contributed by atoms with van der Waals surface area (Å²) >= 11 is 0. The second-order valence-electron chi connectivity index (χ2n) is 7.84. The predicted molar refractivity (Wildman–Crippen MR) is 117 cm³/mol. The third-order valence-electron chi connectivity index (χ3n) is 5.39. The van der Waals surface area contributed by atoms with Crippen LogP contribution in [0.4, 0.5) is 0 Å². The molecule has 2 heterocycles. The van der Waals surface area contributed by atoms with Gasteiger partial charge < -0.3 is 24.8 Å². The van der Waals surface area contributed by atoms with Gasteiger partial charge in [-0.2, -0.15) is 5.10 Å². The van der Waals surface area contributed by atoms with Gasteiger partial charge in [-0.25, -0.2) is 0 Å². The van der Waals surface area contributed by atoms with Crippen molar-refractivity contribution in [1.29, 1.82) is 0 Å². The van der Waals surface area contributed by atoms with Gasteiger partial charge in [0, 0.05) is 69.8 Å². The third kappa shape index (κ3) is 7.28. The number of hydrogen-bond acceptors (Lipinski definition) is 7. The number of aryl methyl sites for hydroxylation is 1. The number of rotatable bonds is 12. The van der Waals surface area contributed by atoms with Crippen molar-refractivity contribution in [3.8, 4) is 11.5 Å². The first kappa shape index (κ1) is 22.6. The molecule has 0 amide bonds. The second kappa shape index (κ2) is 11.9. The van der Waals surface area contributed by atoms with Crippen molar-refractivity contribution in [2.75, 3.05) is 60.0 Å². The van der Waals surface area contributed by atoms with Gasteiger partial charge in [0.25, 0.3) is 0 Å². The maximum Gasteiger partial charge on any atom is 0.127 e. The van der Waals surface area contributed by atoms with Gasteiger partial charge in [0.15, 0.2) is 0 Å². The molecule has 8 nitrogen and oxygen atoms in total. The number of hydrogen-bond donors (Lipinski definition) is 2. The molecule has 0 radical (unpaired) electrons. The van der Waals surface area contributed by atoms with E-state index in [9.17, 15) is 5.11 Å². The van der Waals surface area contributed by atoms with Crippen molar-refractivity contribution in [1.82, 2.24) is 24.9 Å². The molecule has 1 unspecified atom stereocenters. The maximum absolute atomic E-state index is 10.4. The van der Waals surface area contributed by atoms with Gasteiger partial charge in [0.1, 0.15) is 24.2 Å². The van der Waals surface area contributed by atoms with E-state index < -0.39 is 6.10 Å². The predicted octanol–water partition coefficient (Wildman–Crippen LogP) is 1.06. The van der Waals surface area contributed by atoms with Crippen molar-refractivity contribution in [3.63, 3.8) is 0 Å².